The summed E-state index contributed by atoms with van der Waals surface area (Å²) < 4.78 is 14.9. The van der Waals surface area contributed by atoms with Gasteiger partial charge in [-0.05, 0) is 24.6 Å². The molecule has 1 amide bonds. The van der Waals surface area contributed by atoms with Gasteiger partial charge >= 0.3 is 11.9 Å². The maximum Gasteiger partial charge on any atom is 0.355 e. The number of rotatable bonds is 4. The van der Waals surface area contributed by atoms with Gasteiger partial charge in [0, 0.05) is 11.3 Å². The molecule has 1 heterocycles. The molecule has 0 radical (unpaired) electrons. The number of nitrogens with two attached hydrogens (primary N) is 1. The zero-order chi connectivity index (χ0) is 17.9. The van der Waals surface area contributed by atoms with Crippen LogP contribution in [0.1, 0.15) is 15.9 Å². The van der Waals surface area contributed by atoms with Gasteiger partial charge in [-0.25, -0.2) is 9.59 Å². The molecule has 0 spiro atoms. The minimum atomic E-state index is -0.706. The van der Waals surface area contributed by atoms with E-state index in [0.29, 0.717) is 16.8 Å². The monoisotopic (exact) mass is 334 g/mol. The molecule has 0 bridgehead atoms. The number of primary amides is 1. The Morgan fingerprint density at radius 1 is 1.17 bits per heavy atom. The van der Waals surface area contributed by atoms with Crippen LogP contribution in [-0.4, -0.2) is 45.4 Å². The number of methoxy groups -OCH3 is 2. The van der Waals surface area contributed by atoms with E-state index in [4.69, 9.17) is 19.9 Å². The van der Waals surface area contributed by atoms with Crippen molar-refractivity contribution in [2.45, 2.75) is 6.92 Å². The lowest BCUT2D eigenvalue weighted by Gasteiger charge is -2.32. The van der Waals surface area contributed by atoms with Crippen LogP contribution < -0.4 is 10.6 Å². The Kier molecular flexibility index (Phi) is 5.20. The van der Waals surface area contributed by atoms with Crippen LogP contribution in [0.3, 0.4) is 0 Å². The van der Waals surface area contributed by atoms with Gasteiger partial charge in [0.25, 0.3) is 0 Å². The Bertz CT molecular complexity index is 725. The van der Waals surface area contributed by atoms with Gasteiger partial charge in [-0.2, -0.15) is 0 Å². The lowest BCUT2D eigenvalue weighted by atomic mass is 10.0. The lowest BCUT2D eigenvalue weighted by molar-refractivity contribution is -0.140. The highest BCUT2D eigenvalue weighted by Gasteiger charge is 2.33. The molecule has 2 N–H and O–H groups in total. The lowest BCUT2D eigenvalue weighted by Crippen LogP contribution is -2.39. The molecule has 1 aromatic carbocycles. The fraction of sp³-hybridized carbons (Fsp3) is 0.312. The van der Waals surface area contributed by atoms with E-state index in [-0.39, 0.29) is 24.6 Å². The van der Waals surface area contributed by atoms with Crippen molar-refractivity contribution in [3.63, 3.8) is 0 Å². The summed E-state index contributed by atoms with van der Waals surface area (Å²) >= 11 is 0. The van der Waals surface area contributed by atoms with Crippen LogP contribution in [0.5, 0.6) is 0 Å². The Morgan fingerprint density at radius 2 is 1.83 bits per heavy atom. The number of nitrogens with zero attached hydrogens (tertiary/aromatic N) is 1. The molecular weight excluding hydrogens is 316 g/mol. The first-order valence-electron chi connectivity index (χ1n) is 7.06. The van der Waals surface area contributed by atoms with Gasteiger partial charge in [0.15, 0.2) is 0 Å². The van der Waals surface area contributed by atoms with E-state index < -0.39 is 17.8 Å². The third-order valence-electron chi connectivity index (χ3n) is 3.69. The largest absolute Gasteiger partial charge is 0.466 e. The van der Waals surface area contributed by atoms with Crippen molar-refractivity contribution in [1.82, 2.24) is 0 Å². The summed E-state index contributed by atoms with van der Waals surface area (Å²) in [5.41, 5.74) is 6.79. The van der Waals surface area contributed by atoms with Crippen LogP contribution >= 0.6 is 0 Å². The van der Waals surface area contributed by atoms with Crippen molar-refractivity contribution in [2.75, 3.05) is 32.5 Å². The minimum absolute atomic E-state index is 0.00792. The highest BCUT2D eigenvalue weighted by Crippen LogP contribution is 2.30. The first-order chi connectivity index (χ1) is 11.4. The maximum absolute atomic E-state index is 12.2. The van der Waals surface area contributed by atoms with E-state index in [2.05, 4.69) is 0 Å². The van der Waals surface area contributed by atoms with Crippen molar-refractivity contribution in [3.05, 3.63) is 40.6 Å². The van der Waals surface area contributed by atoms with E-state index in [1.54, 1.807) is 25.1 Å². The van der Waals surface area contributed by atoms with Gasteiger partial charge in [0.1, 0.15) is 12.4 Å². The van der Waals surface area contributed by atoms with Crippen LogP contribution in [0, 0.1) is 6.92 Å². The molecule has 8 heteroatoms. The smallest absolute Gasteiger partial charge is 0.355 e. The molecule has 128 valence electrons. The Morgan fingerprint density at radius 3 is 2.42 bits per heavy atom. The van der Waals surface area contributed by atoms with Gasteiger partial charge in [-0.1, -0.05) is 6.07 Å². The van der Waals surface area contributed by atoms with Crippen LogP contribution in [0.25, 0.3) is 0 Å². The maximum atomic E-state index is 12.2. The van der Waals surface area contributed by atoms with Gasteiger partial charge in [-0.3, -0.25) is 4.79 Å². The van der Waals surface area contributed by atoms with Gasteiger partial charge in [0.05, 0.1) is 26.4 Å². The Hall–Kier alpha value is -2.87. The number of amides is 1. The van der Waals surface area contributed by atoms with Crippen LogP contribution in [0.15, 0.2) is 29.5 Å². The third-order valence-corrected chi connectivity index (χ3v) is 3.69. The number of anilines is 1. The molecule has 24 heavy (non-hydrogen) atoms. The predicted molar refractivity (Wildman–Crippen MR) is 84.1 cm³/mol. The van der Waals surface area contributed by atoms with Crippen molar-refractivity contribution < 1.29 is 28.6 Å². The molecule has 0 unspecified atom stereocenters. The minimum Gasteiger partial charge on any atom is -0.466 e. The number of hydrogen-bond donors (Lipinski definition) is 1. The number of ether oxygens (including phenoxy) is 3. The van der Waals surface area contributed by atoms with E-state index in [0.717, 1.165) is 0 Å². The normalized spacial score (nSPS) is 14.4. The zero-order valence-corrected chi connectivity index (χ0v) is 13.6. The molecule has 0 atom stereocenters. The molecule has 0 saturated carbocycles. The van der Waals surface area contributed by atoms with Crippen molar-refractivity contribution >= 4 is 23.5 Å². The molecule has 0 aliphatic carbocycles. The summed E-state index contributed by atoms with van der Waals surface area (Å²) in [6.45, 7) is 1.62. The van der Waals surface area contributed by atoms with Crippen molar-refractivity contribution in [2.24, 2.45) is 5.73 Å². The summed E-state index contributed by atoms with van der Waals surface area (Å²) in [7, 11) is 2.42. The second kappa shape index (κ2) is 7.14. The number of esters is 2. The van der Waals surface area contributed by atoms with Crippen LogP contribution in [0.2, 0.25) is 0 Å². The Labute approximate surface area is 138 Å². The van der Waals surface area contributed by atoms with E-state index in [1.165, 1.54) is 19.1 Å². The first-order valence-corrected chi connectivity index (χ1v) is 7.06. The molecule has 8 nitrogen and oxygen atoms in total. The summed E-state index contributed by atoms with van der Waals surface area (Å²) in [6, 6.07) is 4.90. The van der Waals surface area contributed by atoms with Gasteiger partial charge in [-0.15, -0.1) is 0 Å². The summed E-state index contributed by atoms with van der Waals surface area (Å²) in [5, 5.41) is 0. The van der Waals surface area contributed by atoms with Gasteiger partial charge < -0.3 is 24.8 Å². The molecule has 1 aromatic rings. The van der Waals surface area contributed by atoms with E-state index >= 15 is 0 Å². The molecule has 1 aliphatic heterocycles. The number of carbonyl (C=O) groups is 3. The topological polar surface area (TPSA) is 108 Å². The second-order valence-electron chi connectivity index (χ2n) is 5.03. The molecule has 2 rings (SSSR count). The average molecular weight is 334 g/mol. The second-order valence-corrected chi connectivity index (χ2v) is 5.03. The van der Waals surface area contributed by atoms with E-state index in [1.807, 2.05) is 0 Å². The fourth-order valence-electron chi connectivity index (χ4n) is 2.52. The molecular formula is C16H18N2O6. The van der Waals surface area contributed by atoms with Crippen LogP contribution in [-0.2, 0) is 23.8 Å². The predicted octanol–water partition coefficient (Wildman–Crippen LogP) is 0.488. The standard InChI is InChI=1S/C16H18N2O6/c1-9-10(14(17)19)5-4-6-12(9)18-8-24-7-11(15(20)22-2)13(18)16(21)23-3/h4-6H,7-8H2,1-3H3,(H2,17,19). The highest BCUT2D eigenvalue weighted by molar-refractivity contribution is 6.04. The highest BCUT2D eigenvalue weighted by atomic mass is 16.5. The average Bonchev–Trinajstić information content (AvgIpc) is 2.59. The van der Waals surface area contributed by atoms with Crippen molar-refractivity contribution in [1.29, 1.82) is 0 Å². The number of benzene rings is 1. The SMILES string of the molecule is COC(=O)C1=C(C(=O)OC)N(c2cccc(C(N)=O)c2C)COC1. The number of carbonyl (C=O) groups excluding carboxylic acids is 3. The van der Waals surface area contributed by atoms with Crippen LogP contribution in [0.4, 0.5) is 5.69 Å². The first kappa shape index (κ1) is 17.5. The molecule has 0 saturated heterocycles. The molecule has 1 aliphatic rings. The third kappa shape index (κ3) is 3.09. The Balaban J connectivity index is 2.64. The fourth-order valence-corrected chi connectivity index (χ4v) is 2.52. The summed E-state index contributed by atoms with van der Waals surface area (Å²) in [5.74, 6) is -1.99. The quantitative estimate of drug-likeness (QED) is 0.798. The molecule has 0 fully saturated rings. The summed E-state index contributed by atoms with van der Waals surface area (Å²) in [6.07, 6.45) is 0. The zero-order valence-electron chi connectivity index (χ0n) is 13.6. The van der Waals surface area contributed by atoms with Crippen molar-refractivity contribution in [3.8, 4) is 0 Å². The summed E-state index contributed by atoms with van der Waals surface area (Å²) in [4.78, 5) is 37.2. The number of hydrogen-bond acceptors (Lipinski definition) is 7. The molecule has 0 aromatic heterocycles. The van der Waals surface area contributed by atoms with E-state index in [9.17, 15) is 14.4 Å². The van der Waals surface area contributed by atoms with Gasteiger partial charge in [0.2, 0.25) is 5.91 Å².